The van der Waals surface area contributed by atoms with Crippen LogP contribution < -0.4 is 5.32 Å². The molecule has 21 heavy (non-hydrogen) atoms. The van der Waals surface area contributed by atoms with Crippen LogP contribution in [0.3, 0.4) is 0 Å². The number of carbonyl (C=O) groups is 1. The molecule has 9 heteroatoms. The fraction of sp³-hybridized carbons (Fsp3) is 0.333. The average Bonchev–Trinajstić information content (AvgIpc) is 2.73. The summed E-state index contributed by atoms with van der Waals surface area (Å²) in [6.07, 6.45) is 8.17. The summed E-state index contributed by atoms with van der Waals surface area (Å²) >= 11 is 6.16. The Hall–Kier alpha value is -1.16. The summed E-state index contributed by atoms with van der Waals surface area (Å²) in [5, 5.41) is 2.56. The van der Waals surface area contributed by atoms with Crippen molar-refractivity contribution in [3.8, 4) is 0 Å². The molecular weight excluding hydrogens is 332 g/mol. The van der Waals surface area contributed by atoms with E-state index in [0.29, 0.717) is 28.6 Å². The minimum absolute atomic E-state index is 0.191. The number of allylic oxidation sites excluding steroid dienone is 3. The average molecular weight is 345 g/mol. The first-order chi connectivity index (χ1) is 9.85. The van der Waals surface area contributed by atoms with E-state index < -0.39 is 10.1 Å². The van der Waals surface area contributed by atoms with Gasteiger partial charge in [-0.1, -0.05) is 24.0 Å². The lowest BCUT2D eigenvalue weighted by atomic mass is 10.2. The Balaban J connectivity index is 1.86. The summed E-state index contributed by atoms with van der Waals surface area (Å²) in [6.45, 7) is 0.614. The van der Waals surface area contributed by atoms with Crippen LogP contribution in [0, 0.1) is 0 Å². The molecule has 0 aromatic rings. The zero-order valence-electron chi connectivity index (χ0n) is 10.9. The molecule has 1 saturated heterocycles. The van der Waals surface area contributed by atoms with Crippen molar-refractivity contribution in [3.05, 3.63) is 35.0 Å². The van der Waals surface area contributed by atoms with E-state index in [1.807, 2.05) is 17.3 Å². The third-order valence-electron chi connectivity index (χ3n) is 2.83. The number of hydrogen-bond acceptors (Lipinski definition) is 7. The van der Waals surface area contributed by atoms with Crippen molar-refractivity contribution >= 4 is 44.3 Å². The third-order valence-corrected chi connectivity index (χ3v) is 4.88. The number of carbonyl (C=O) groups excluding carboxylic acids is 1. The number of thiocarbonyl (C=S) groups is 1. The molecule has 0 aromatic heterocycles. The summed E-state index contributed by atoms with van der Waals surface area (Å²) < 4.78 is 31.9. The van der Waals surface area contributed by atoms with Gasteiger partial charge < -0.3 is 14.8 Å². The Morgan fingerprint density at radius 1 is 1.29 bits per heavy atom. The topological polar surface area (TPSA) is 89.5 Å². The van der Waals surface area contributed by atoms with Crippen molar-refractivity contribution in [1.29, 1.82) is 0 Å². The molecule has 1 fully saturated rings. The van der Waals surface area contributed by atoms with Gasteiger partial charge in [-0.25, -0.2) is 8.42 Å². The number of amides is 1. The minimum Gasteiger partial charge on any atom is -0.748 e. The second-order valence-corrected chi connectivity index (χ2v) is 7.68. The molecule has 0 bridgehead atoms. The summed E-state index contributed by atoms with van der Waals surface area (Å²) in [5.74, 6) is -0.527. The molecule has 0 saturated carbocycles. The molecule has 0 atom stereocenters. The predicted octanol–water partition coefficient (Wildman–Crippen LogP) is 1.06. The fourth-order valence-electron chi connectivity index (χ4n) is 1.84. The minimum atomic E-state index is -4.13. The molecule has 1 amide bonds. The van der Waals surface area contributed by atoms with Gasteiger partial charge in [-0.05, 0) is 30.6 Å². The molecule has 2 rings (SSSR count). The molecule has 0 aliphatic carbocycles. The summed E-state index contributed by atoms with van der Waals surface area (Å²) in [4.78, 5) is 14.1. The second kappa shape index (κ2) is 6.73. The van der Waals surface area contributed by atoms with E-state index in [9.17, 15) is 17.8 Å². The molecular formula is C12H13N2O4S3-. The van der Waals surface area contributed by atoms with Gasteiger partial charge >= 0.3 is 0 Å². The highest BCUT2D eigenvalue weighted by Crippen LogP contribution is 2.29. The highest BCUT2D eigenvalue weighted by molar-refractivity contribution is 8.26. The Morgan fingerprint density at radius 3 is 2.48 bits per heavy atom. The molecule has 1 N–H and O–H groups in total. The standard InChI is InChI=1S/C12H14N2O4S3/c15-11-10(20-12(19)13-11)9-3-6-14(7-4-9)5-1-2-8-21(16,17)18/h3-4,6-7H,1-2,5,8H2,(H,13,15,19)(H,16,17,18)/p-1. The quantitative estimate of drug-likeness (QED) is 0.345. The van der Waals surface area contributed by atoms with Crippen LogP contribution in [0.5, 0.6) is 0 Å². The normalized spacial score (nSPS) is 18.6. The predicted molar refractivity (Wildman–Crippen MR) is 84.1 cm³/mol. The van der Waals surface area contributed by atoms with Crippen LogP contribution >= 0.6 is 24.0 Å². The smallest absolute Gasteiger partial charge is 0.264 e. The van der Waals surface area contributed by atoms with Crippen LogP contribution in [0.2, 0.25) is 0 Å². The van der Waals surface area contributed by atoms with Gasteiger partial charge in [0, 0.05) is 24.7 Å². The van der Waals surface area contributed by atoms with Crippen molar-refractivity contribution in [2.75, 3.05) is 12.3 Å². The van der Waals surface area contributed by atoms with Crippen molar-refractivity contribution in [2.24, 2.45) is 0 Å². The molecule has 0 aromatic carbocycles. The van der Waals surface area contributed by atoms with E-state index in [-0.39, 0.29) is 11.7 Å². The van der Waals surface area contributed by atoms with Crippen molar-refractivity contribution < 1.29 is 17.8 Å². The number of hydrogen-bond donors (Lipinski definition) is 1. The van der Waals surface area contributed by atoms with Crippen LogP contribution in [0.15, 0.2) is 35.0 Å². The van der Waals surface area contributed by atoms with E-state index in [4.69, 9.17) is 12.2 Å². The summed E-state index contributed by atoms with van der Waals surface area (Å²) in [7, 11) is -4.13. The van der Waals surface area contributed by atoms with Crippen LogP contribution in [0.25, 0.3) is 0 Å². The molecule has 114 valence electrons. The SMILES string of the molecule is O=C1NC(=S)SC1=C1C=CN(CCCCS(=O)(=O)[O-])C=C1. The maximum absolute atomic E-state index is 11.6. The fourth-order valence-corrected chi connectivity index (χ4v) is 3.46. The Kier molecular flexibility index (Phi) is 5.20. The van der Waals surface area contributed by atoms with Gasteiger partial charge in [-0.3, -0.25) is 4.79 Å². The lowest BCUT2D eigenvalue weighted by Gasteiger charge is -2.19. The maximum atomic E-state index is 11.6. The zero-order chi connectivity index (χ0) is 15.5. The van der Waals surface area contributed by atoms with Crippen LogP contribution in [-0.2, 0) is 14.9 Å². The molecule has 2 aliphatic rings. The van der Waals surface area contributed by atoms with Gasteiger partial charge in [0.05, 0.1) is 15.0 Å². The lowest BCUT2D eigenvalue weighted by Crippen LogP contribution is -2.19. The molecule has 0 unspecified atom stereocenters. The van der Waals surface area contributed by atoms with Crippen LogP contribution in [0.4, 0.5) is 0 Å². The Morgan fingerprint density at radius 2 is 1.95 bits per heavy atom. The van der Waals surface area contributed by atoms with Gasteiger partial charge in [0.2, 0.25) is 0 Å². The van der Waals surface area contributed by atoms with Crippen molar-refractivity contribution in [1.82, 2.24) is 10.2 Å². The van der Waals surface area contributed by atoms with Crippen molar-refractivity contribution in [3.63, 3.8) is 0 Å². The van der Waals surface area contributed by atoms with Gasteiger partial charge in [0.15, 0.2) is 0 Å². The highest BCUT2D eigenvalue weighted by atomic mass is 32.2. The zero-order valence-corrected chi connectivity index (χ0v) is 13.4. The summed E-state index contributed by atoms with van der Waals surface area (Å²) in [5.41, 5.74) is 0.788. The van der Waals surface area contributed by atoms with Gasteiger partial charge in [0.1, 0.15) is 4.32 Å². The molecule has 6 nitrogen and oxygen atoms in total. The number of unbranched alkanes of at least 4 members (excludes halogenated alkanes) is 1. The van der Waals surface area contributed by atoms with Gasteiger partial charge in [-0.2, -0.15) is 0 Å². The van der Waals surface area contributed by atoms with E-state index in [1.165, 1.54) is 11.8 Å². The number of nitrogens with one attached hydrogen (secondary N) is 1. The Bertz CT molecular complexity index is 633. The first-order valence-corrected chi connectivity index (χ1v) is 8.98. The van der Waals surface area contributed by atoms with E-state index in [1.54, 1.807) is 12.2 Å². The van der Waals surface area contributed by atoms with Gasteiger partial charge in [0.25, 0.3) is 5.91 Å². The number of thioether (sulfide) groups is 1. The van der Waals surface area contributed by atoms with E-state index in [0.717, 1.165) is 5.57 Å². The first-order valence-electron chi connectivity index (χ1n) is 6.18. The number of nitrogens with zero attached hydrogens (tertiary/aromatic N) is 1. The molecule has 0 spiro atoms. The summed E-state index contributed by atoms with van der Waals surface area (Å²) in [6, 6.07) is 0. The van der Waals surface area contributed by atoms with Crippen molar-refractivity contribution in [2.45, 2.75) is 12.8 Å². The second-order valence-electron chi connectivity index (χ2n) is 4.47. The molecule has 2 aliphatic heterocycles. The highest BCUT2D eigenvalue weighted by Gasteiger charge is 2.24. The van der Waals surface area contributed by atoms with Gasteiger partial charge in [-0.15, -0.1) is 0 Å². The molecule has 0 radical (unpaired) electrons. The maximum Gasteiger partial charge on any atom is 0.264 e. The molecule has 2 heterocycles. The largest absolute Gasteiger partial charge is 0.748 e. The van der Waals surface area contributed by atoms with Crippen LogP contribution in [0.1, 0.15) is 12.8 Å². The third kappa shape index (κ3) is 4.95. The lowest BCUT2D eigenvalue weighted by molar-refractivity contribution is -0.115. The van der Waals surface area contributed by atoms with Crippen LogP contribution in [-0.4, -0.2) is 40.4 Å². The first kappa shape index (κ1) is 16.2. The van der Waals surface area contributed by atoms with E-state index in [2.05, 4.69) is 5.32 Å². The van der Waals surface area contributed by atoms with E-state index >= 15 is 0 Å². The number of rotatable bonds is 5. The Labute approximate surface area is 132 Å². The monoisotopic (exact) mass is 345 g/mol.